The van der Waals surface area contributed by atoms with E-state index in [0.29, 0.717) is 5.30 Å². The van der Waals surface area contributed by atoms with Crippen LogP contribution >= 0.6 is 8.15 Å². The van der Waals surface area contributed by atoms with Gasteiger partial charge in [-0.15, -0.1) is 0 Å². The number of benzene rings is 1. The first-order chi connectivity index (χ1) is 5.99. The van der Waals surface area contributed by atoms with Crippen LogP contribution in [0.3, 0.4) is 0 Å². The quantitative estimate of drug-likeness (QED) is 0.569. The molecule has 72 valence electrons. The molecule has 1 unspecified atom stereocenters. The van der Waals surface area contributed by atoms with Crippen LogP contribution in [0.1, 0.15) is 0 Å². The zero-order valence-electron chi connectivity index (χ0n) is 6.84. The molecule has 0 radical (unpaired) electrons. The van der Waals surface area contributed by atoms with Crippen LogP contribution in [0.15, 0.2) is 30.3 Å². The van der Waals surface area contributed by atoms with Gasteiger partial charge in [-0.25, -0.2) is 0 Å². The van der Waals surface area contributed by atoms with E-state index in [2.05, 4.69) is 4.08 Å². The number of hydrogen-bond acceptors (Lipinski definition) is 4. The maximum Gasteiger partial charge on any atom is 0.243 e. The summed E-state index contributed by atoms with van der Waals surface area (Å²) in [6.45, 7) is 1.56. The summed E-state index contributed by atoms with van der Waals surface area (Å²) >= 11 is 0. The fourth-order valence-corrected chi connectivity index (χ4v) is 2.73. The van der Waals surface area contributed by atoms with E-state index >= 15 is 0 Å². The highest BCUT2D eigenvalue weighted by atomic mass is 35.7. The molecule has 0 aliphatic rings. The molecule has 13 heavy (non-hydrogen) atoms. The lowest BCUT2D eigenvalue weighted by atomic mass is 10.4. The first kappa shape index (κ1) is 10.9. The Morgan fingerprint density at radius 3 is 2.15 bits per heavy atom. The maximum absolute atomic E-state index is 10.2. The van der Waals surface area contributed by atoms with Crippen molar-refractivity contribution in [2.45, 2.75) is 0 Å². The molecule has 0 spiro atoms. The lowest BCUT2D eigenvalue weighted by Crippen LogP contribution is -2.60. The average molecular weight is 223 g/mol. The molecule has 0 heterocycles. The highest BCUT2D eigenvalue weighted by molar-refractivity contribution is 7.59. The highest BCUT2D eigenvalue weighted by Crippen LogP contribution is 2.33. The predicted octanol–water partition coefficient (Wildman–Crippen LogP) is -1.75. The number of hydrogen-bond donors (Lipinski definition) is 0. The minimum absolute atomic E-state index is 0.712. The third-order valence-corrected chi connectivity index (χ3v) is 3.84. The van der Waals surface area contributed by atoms with Gasteiger partial charge in [0.05, 0.1) is 14.3 Å². The molecule has 1 atom stereocenters. The van der Waals surface area contributed by atoms with Gasteiger partial charge in [-0.1, -0.05) is 30.3 Å². The molecule has 1 aromatic rings. The van der Waals surface area contributed by atoms with Crippen molar-refractivity contribution in [2.75, 3.05) is 6.66 Å². The molecule has 6 heteroatoms. The monoisotopic (exact) mass is 222 g/mol. The fourth-order valence-electron chi connectivity index (χ4n) is 0.805. The lowest BCUT2D eigenvalue weighted by Gasteiger charge is -2.15. The highest BCUT2D eigenvalue weighted by Gasteiger charge is 2.26. The van der Waals surface area contributed by atoms with Crippen LogP contribution in [0.25, 0.3) is 0 Å². The average Bonchev–Trinajstić information content (AvgIpc) is 2.03. The van der Waals surface area contributed by atoms with Crippen LogP contribution in [0, 0.1) is 10.2 Å². The zero-order chi connectivity index (χ0) is 9.90. The Hall–Kier alpha value is -0.220. The van der Waals surface area contributed by atoms with Crippen molar-refractivity contribution < 1.29 is 28.3 Å². The summed E-state index contributed by atoms with van der Waals surface area (Å²) in [4.78, 5) is 0. The summed E-state index contributed by atoms with van der Waals surface area (Å²) in [5.74, 6) is 0. The van der Waals surface area contributed by atoms with Crippen molar-refractivity contribution in [1.82, 2.24) is 0 Å². The molecule has 0 N–H and O–H groups in total. The molecule has 0 amide bonds. The van der Waals surface area contributed by atoms with Gasteiger partial charge >= 0.3 is 0 Å². The largest absolute Gasteiger partial charge is 0.243 e. The molecule has 0 aliphatic heterocycles. The van der Waals surface area contributed by atoms with Crippen LogP contribution < -0.4 is 19.3 Å². The molecular weight excluding hydrogens is 214 g/mol. The molecular formula is C7H8ClO4P. The SMILES string of the molecule is CP(O[Cl+3]([O-])([O-])[O-])c1ccccc1. The van der Waals surface area contributed by atoms with Crippen LogP contribution in [0.4, 0.5) is 0 Å². The summed E-state index contributed by atoms with van der Waals surface area (Å²) in [5, 5.41) is 0.712. The molecule has 4 nitrogen and oxygen atoms in total. The summed E-state index contributed by atoms with van der Waals surface area (Å²) in [6, 6.07) is 8.74. The van der Waals surface area contributed by atoms with E-state index in [4.69, 9.17) is 0 Å². The Morgan fingerprint density at radius 1 is 1.15 bits per heavy atom. The molecule has 1 rings (SSSR count). The van der Waals surface area contributed by atoms with E-state index in [0.717, 1.165) is 0 Å². The van der Waals surface area contributed by atoms with Gasteiger partial charge in [0.15, 0.2) is 0 Å². The topological polar surface area (TPSA) is 78.4 Å². The van der Waals surface area contributed by atoms with E-state index in [1.54, 1.807) is 37.0 Å². The minimum atomic E-state index is -4.33. The molecule has 0 bridgehead atoms. The second kappa shape index (κ2) is 4.33. The van der Waals surface area contributed by atoms with Gasteiger partial charge in [0.25, 0.3) is 0 Å². The molecule has 0 aliphatic carbocycles. The van der Waals surface area contributed by atoms with Gasteiger partial charge in [0.2, 0.25) is 8.15 Å². The van der Waals surface area contributed by atoms with Crippen LogP contribution in [-0.2, 0) is 4.08 Å². The van der Waals surface area contributed by atoms with Crippen molar-refractivity contribution in [3.8, 4) is 0 Å². The van der Waals surface area contributed by atoms with Crippen molar-refractivity contribution in [3.63, 3.8) is 0 Å². The Morgan fingerprint density at radius 2 is 1.69 bits per heavy atom. The predicted molar refractivity (Wildman–Crippen MR) is 40.0 cm³/mol. The summed E-state index contributed by atoms with van der Waals surface area (Å²) < 4.78 is 35.0. The summed E-state index contributed by atoms with van der Waals surface area (Å²) in [5.41, 5.74) is 0. The van der Waals surface area contributed by atoms with Crippen molar-refractivity contribution >= 4 is 13.5 Å². The van der Waals surface area contributed by atoms with Gasteiger partial charge in [-0.05, 0) is 0 Å². The van der Waals surface area contributed by atoms with Gasteiger partial charge in [-0.3, -0.25) is 0 Å². The Bertz CT molecular complexity index is 261. The standard InChI is InChI=1S/C7H8ClO4P/c1-13(12-8(9,10)11)7-5-3-2-4-6-7/h2-6H,1H3. The van der Waals surface area contributed by atoms with E-state index < -0.39 is 18.4 Å². The third kappa shape index (κ3) is 4.00. The normalized spacial score (nSPS) is 14.2. The van der Waals surface area contributed by atoms with Crippen molar-refractivity contribution in [1.29, 1.82) is 0 Å². The summed E-state index contributed by atoms with van der Waals surface area (Å²) in [7, 11) is -5.70. The van der Waals surface area contributed by atoms with E-state index in [1.165, 1.54) is 0 Å². The van der Waals surface area contributed by atoms with Crippen LogP contribution in [0.2, 0.25) is 0 Å². The number of halogens is 1. The smallest absolute Gasteiger partial charge is 0.183 e. The van der Waals surface area contributed by atoms with Gasteiger partial charge in [0, 0.05) is 12.0 Å². The van der Waals surface area contributed by atoms with Crippen LogP contribution in [-0.4, -0.2) is 6.66 Å². The molecule has 1 aromatic carbocycles. The lowest BCUT2D eigenvalue weighted by molar-refractivity contribution is -1.91. The molecule has 0 saturated heterocycles. The van der Waals surface area contributed by atoms with E-state index in [9.17, 15) is 14.0 Å². The first-order valence-corrected chi connectivity index (χ1v) is 6.32. The number of rotatable bonds is 3. The van der Waals surface area contributed by atoms with Crippen LogP contribution in [0.5, 0.6) is 0 Å². The van der Waals surface area contributed by atoms with E-state index in [-0.39, 0.29) is 0 Å². The van der Waals surface area contributed by atoms with Crippen molar-refractivity contribution in [2.24, 2.45) is 0 Å². The zero-order valence-corrected chi connectivity index (χ0v) is 8.50. The minimum Gasteiger partial charge on any atom is -0.183 e. The second-order valence-electron chi connectivity index (χ2n) is 2.28. The first-order valence-electron chi connectivity index (χ1n) is 3.38. The molecule has 0 saturated carbocycles. The Labute approximate surface area is 79.3 Å². The second-order valence-corrected chi connectivity index (χ2v) is 5.10. The van der Waals surface area contributed by atoms with E-state index in [1.807, 2.05) is 0 Å². The van der Waals surface area contributed by atoms with Gasteiger partial charge < -0.3 is 0 Å². The Kier molecular flexibility index (Phi) is 3.62. The van der Waals surface area contributed by atoms with Crippen molar-refractivity contribution in [3.05, 3.63) is 30.3 Å². The third-order valence-electron chi connectivity index (χ3n) is 1.31. The molecule has 0 aromatic heterocycles. The maximum atomic E-state index is 10.2. The van der Waals surface area contributed by atoms with Gasteiger partial charge in [-0.2, -0.15) is 14.0 Å². The van der Waals surface area contributed by atoms with Gasteiger partial charge in [0.1, 0.15) is 0 Å². The molecule has 0 fully saturated rings. The Balaban J connectivity index is 2.64. The summed E-state index contributed by atoms with van der Waals surface area (Å²) in [6.07, 6.45) is 0. The fraction of sp³-hybridized carbons (Fsp3) is 0.143.